The Morgan fingerprint density at radius 2 is 1.22 bits per heavy atom. The summed E-state index contributed by atoms with van der Waals surface area (Å²) < 4.78 is 57.4. The van der Waals surface area contributed by atoms with Crippen LogP contribution < -0.4 is 0 Å². The van der Waals surface area contributed by atoms with Gasteiger partial charge in [-0.1, -0.05) is 0 Å². The van der Waals surface area contributed by atoms with Crippen molar-refractivity contribution >= 4 is 34.0 Å². The Labute approximate surface area is 205 Å². The minimum absolute atomic E-state index is 0.00905. The molecule has 6 fully saturated rings. The summed E-state index contributed by atoms with van der Waals surface area (Å²) in [5.41, 5.74) is -0.606. The van der Waals surface area contributed by atoms with Crippen molar-refractivity contribution in [2.45, 2.75) is 55.0 Å². The lowest BCUT2D eigenvalue weighted by molar-refractivity contribution is -0.146. The van der Waals surface area contributed by atoms with Gasteiger partial charge in [0.15, 0.2) is 0 Å². The molecule has 0 amide bonds. The lowest BCUT2D eigenvalue weighted by Gasteiger charge is -2.26. The standard InChI is InChI=1S/C24H22O11S/c25-21(32-17-8-4-13-15(6-8)23(27)34-19(13)17)10-1-11(3-12(2-10)36(29,30)31)22(26)33-18-9-5-14-16(7-9)24(28)35-20(14)18/h1-3,8-9,13-20H,4-7H2,(H,29,30,31)/p-1. The van der Waals surface area contributed by atoms with Crippen LogP contribution in [0.1, 0.15) is 46.4 Å². The van der Waals surface area contributed by atoms with Crippen LogP contribution in [0, 0.1) is 35.5 Å². The zero-order valence-corrected chi connectivity index (χ0v) is 19.5. The average molecular weight is 517 g/mol. The number of esters is 4. The monoisotopic (exact) mass is 517 g/mol. The lowest BCUT2D eigenvalue weighted by Crippen LogP contribution is -2.36. The largest absolute Gasteiger partial charge is 0.744 e. The van der Waals surface area contributed by atoms with E-state index in [0.717, 1.165) is 18.2 Å². The predicted molar refractivity (Wildman–Crippen MR) is 112 cm³/mol. The van der Waals surface area contributed by atoms with E-state index in [1.165, 1.54) is 0 Å². The molecule has 10 unspecified atom stereocenters. The number of fused-ring (bicyclic) bond motifs is 2. The van der Waals surface area contributed by atoms with Gasteiger partial charge in [-0.05, 0) is 43.9 Å². The Morgan fingerprint density at radius 3 is 1.64 bits per heavy atom. The highest BCUT2D eigenvalue weighted by molar-refractivity contribution is 7.85. The first-order valence-corrected chi connectivity index (χ1v) is 13.4. The van der Waals surface area contributed by atoms with E-state index in [2.05, 4.69) is 0 Å². The first-order valence-electron chi connectivity index (χ1n) is 12.0. The maximum absolute atomic E-state index is 13.0. The van der Waals surface area contributed by atoms with Crippen molar-refractivity contribution in [3.63, 3.8) is 0 Å². The van der Waals surface area contributed by atoms with Crippen LogP contribution in [-0.2, 0) is 38.7 Å². The molecule has 12 heteroatoms. The van der Waals surface area contributed by atoms with Crippen LogP contribution >= 0.6 is 0 Å². The van der Waals surface area contributed by atoms with Gasteiger partial charge in [-0.25, -0.2) is 18.0 Å². The Kier molecular flexibility index (Phi) is 4.50. The summed E-state index contributed by atoms with van der Waals surface area (Å²) in [6.07, 6.45) is 0.0676. The van der Waals surface area contributed by atoms with Crippen molar-refractivity contribution in [2.24, 2.45) is 35.5 Å². The molecule has 2 aliphatic heterocycles. The Hall–Kier alpha value is -2.99. The van der Waals surface area contributed by atoms with Crippen LogP contribution in [0.2, 0.25) is 0 Å². The summed E-state index contributed by atoms with van der Waals surface area (Å²) in [6, 6.07) is 2.84. The summed E-state index contributed by atoms with van der Waals surface area (Å²) >= 11 is 0. The van der Waals surface area contributed by atoms with Gasteiger partial charge in [-0.2, -0.15) is 0 Å². The molecule has 1 aromatic carbocycles. The van der Waals surface area contributed by atoms with Crippen LogP contribution in [0.5, 0.6) is 0 Å². The number of rotatable bonds is 5. The highest BCUT2D eigenvalue weighted by Gasteiger charge is 2.64. The molecule has 7 rings (SSSR count). The van der Waals surface area contributed by atoms with E-state index in [4.69, 9.17) is 18.9 Å². The SMILES string of the molecule is O=C(OC1C2CC3C(=O)OC1C3C2)c1cc(C(=O)OC2C3CC4C(=O)OC2C4C3)cc(S(=O)(=O)[O-])c1. The Morgan fingerprint density at radius 1 is 0.778 bits per heavy atom. The van der Waals surface area contributed by atoms with Crippen LogP contribution in [0.4, 0.5) is 0 Å². The second-order valence-corrected chi connectivity index (χ2v) is 12.1. The molecule has 1 aromatic rings. The highest BCUT2D eigenvalue weighted by atomic mass is 32.2. The molecular weight excluding hydrogens is 496 g/mol. The van der Waals surface area contributed by atoms with Gasteiger partial charge in [0.05, 0.1) is 27.9 Å². The molecule has 2 heterocycles. The van der Waals surface area contributed by atoms with Crippen LogP contribution in [0.15, 0.2) is 23.1 Å². The van der Waals surface area contributed by atoms with Gasteiger partial charge in [0, 0.05) is 23.7 Å². The molecule has 0 N–H and O–H groups in total. The topological polar surface area (TPSA) is 162 Å². The average Bonchev–Trinajstić information content (AvgIpc) is 3.63. The molecule has 11 nitrogen and oxygen atoms in total. The van der Waals surface area contributed by atoms with Gasteiger partial charge in [0.2, 0.25) is 0 Å². The fourth-order valence-electron chi connectivity index (χ4n) is 7.49. The molecule has 0 spiro atoms. The number of carbonyl (C=O) groups is 4. The van der Waals surface area contributed by atoms with Crippen LogP contribution in [-0.4, -0.2) is 61.3 Å². The molecule has 10 atom stereocenters. The van der Waals surface area contributed by atoms with E-state index in [9.17, 15) is 32.1 Å². The van der Waals surface area contributed by atoms with Gasteiger partial charge in [0.1, 0.15) is 34.5 Å². The van der Waals surface area contributed by atoms with Crippen molar-refractivity contribution in [3.05, 3.63) is 29.3 Å². The first kappa shape index (κ1) is 22.2. The minimum Gasteiger partial charge on any atom is -0.744 e. The number of hydrogen-bond donors (Lipinski definition) is 0. The molecule has 0 aromatic heterocycles. The minimum atomic E-state index is -5.02. The van der Waals surface area contributed by atoms with E-state index in [1.807, 2.05) is 0 Å². The maximum atomic E-state index is 13.0. The molecule has 0 radical (unpaired) electrons. The van der Waals surface area contributed by atoms with E-state index >= 15 is 0 Å². The zero-order valence-electron chi connectivity index (χ0n) is 18.7. The van der Waals surface area contributed by atoms with Gasteiger partial charge in [-0.3, -0.25) is 9.59 Å². The Balaban J connectivity index is 1.14. The predicted octanol–water partition coefficient (Wildman–Crippen LogP) is 0.804. The van der Waals surface area contributed by atoms with Crippen molar-refractivity contribution in [1.82, 2.24) is 0 Å². The molecule has 4 bridgehead atoms. The van der Waals surface area contributed by atoms with E-state index in [1.54, 1.807) is 0 Å². The highest BCUT2D eigenvalue weighted by Crippen LogP contribution is 2.56. The summed E-state index contributed by atoms with van der Waals surface area (Å²) in [7, 11) is -5.02. The van der Waals surface area contributed by atoms with Crippen LogP contribution in [0.3, 0.4) is 0 Å². The summed E-state index contributed by atoms with van der Waals surface area (Å²) in [4.78, 5) is 49.2. The smallest absolute Gasteiger partial charge is 0.338 e. The number of ether oxygens (including phenoxy) is 4. The van der Waals surface area contributed by atoms with Crippen molar-refractivity contribution < 1.29 is 51.1 Å². The second kappa shape index (κ2) is 7.28. The second-order valence-electron chi connectivity index (χ2n) is 10.7. The Bertz CT molecular complexity index is 1250. The molecular formula is C24H21O11S-. The van der Waals surface area contributed by atoms with Gasteiger partial charge in [-0.15, -0.1) is 0 Å². The molecule has 4 aliphatic carbocycles. The first-order chi connectivity index (χ1) is 17.1. The third-order valence-corrected chi connectivity index (χ3v) is 9.79. The number of hydrogen-bond acceptors (Lipinski definition) is 11. The van der Waals surface area contributed by atoms with E-state index < -0.39 is 51.4 Å². The van der Waals surface area contributed by atoms with E-state index in [0.29, 0.717) is 25.7 Å². The third-order valence-electron chi connectivity index (χ3n) is 8.98. The molecule has 190 valence electrons. The number of carbonyl (C=O) groups excluding carboxylic acids is 4. The third kappa shape index (κ3) is 3.09. The van der Waals surface area contributed by atoms with Crippen molar-refractivity contribution in [2.75, 3.05) is 0 Å². The molecule has 2 saturated heterocycles. The maximum Gasteiger partial charge on any atom is 0.338 e. The lowest BCUT2D eigenvalue weighted by atomic mass is 9.88. The van der Waals surface area contributed by atoms with Crippen molar-refractivity contribution in [1.29, 1.82) is 0 Å². The molecule has 6 aliphatic rings. The van der Waals surface area contributed by atoms with Crippen LogP contribution in [0.25, 0.3) is 0 Å². The quantitative estimate of drug-likeness (QED) is 0.308. The van der Waals surface area contributed by atoms with Gasteiger partial charge < -0.3 is 23.5 Å². The normalized spacial score (nSPS) is 40.9. The van der Waals surface area contributed by atoms with Gasteiger partial charge in [0.25, 0.3) is 0 Å². The van der Waals surface area contributed by atoms with E-state index in [-0.39, 0.29) is 58.6 Å². The summed E-state index contributed by atoms with van der Waals surface area (Å²) in [6.45, 7) is 0. The molecule has 4 saturated carbocycles. The number of benzene rings is 1. The fraction of sp³-hybridized carbons (Fsp3) is 0.583. The zero-order chi connectivity index (χ0) is 25.1. The summed E-state index contributed by atoms with van der Waals surface area (Å²) in [5, 5.41) is 0. The molecule has 36 heavy (non-hydrogen) atoms. The fourth-order valence-corrected chi connectivity index (χ4v) is 8.03. The van der Waals surface area contributed by atoms with Gasteiger partial charge >= 0.3 is 23.9 Å². The summed E-state index contributed by atoms with van der Waals surface area (Å²) in [5.74, 6) is -2.92. The van der Waals surface area contributed by atoms with Crippen molar-refractivity contribution in [3.8, 4) is 0 Å².